The standard InChI is InChI=1S/C11H9NOS2/c1-2-4-10-8(3-1)9(7-15-10)11-12-13-5-6-14-11/h1-4,7H,5-6H2. The molecule has 0 spiro atoms. The van der Waals surface area contributed by atoms with E-state index >= 15 is 0 Å². The summed E-state index contributed by atoms with van der Waals surface area (Å²) < 4.78 is 1.31. The Labute approximate surface area is 95.9 Å². The van der Waals surface area contributed by atoms with Crippen molar-refractivity contribution in [1.29, 1.82) is 0 Å². The summed E-state index contributed by atoms with van der Waals surface area (Å²) in [7, 11) is 0. The van der Waals surface area contributed by atoms with Gasteiger partial charge in [-0.3, -0.25) is 0 Å². The van der Waals surface area contributed by atoms with Gasteiger partial charge in [-0.05, 0) is 6.07 Å². The predicted molar refractivity (Wildman–Crippen MR) is 66.8 cm³/mol. The molecule has 0 N–H and O–H groups in total. The first kappa shape index (κ1) is 9.24. The van der Waals surface area contributed by atoms with E-state index in [0.29, 0.717) is 0 Å². The number of fused-ring (bicyclic) bond motifs is 1. The second kappa shape index (κ2) is 3.87. The van der Waals surface area contributed by atoms with E-state index in [4.69, 9.17) is 4.84 Å². The molecule has 0 saturated heterocycles. The maximum absolute atomic E-state index is 5.13. The molecule has 0 unspecified atom stereocenters. The molecule has 4 heteroatoms. The zero-order chi connectivity index (χ0) is 10.1. The molecule has 0 atom stereocenters. The van der Waals surface area contributed by atoms with Crippen molar-refractivity contribution in [3.63, 3.8) is 0 Å². The largest absolute Gasteiger partial charge is 0.394 e. The van der Waals surface area contributed by atoms with Gasteiger partial charge in [0.05, 0.1) is 0 Å². The molecule has 0 bridgehead atoms. The number of rotatable bonds is 1. The fraction of sp³-hybridized carbons (Fsp3) is 0.182. The zero-order valence-corrected chi connectivity index (χ0v) is 9.61. The molecular formula is C11H9NOS2. The van der Waals surface area contributed by atoms with Gasteiger partial charge >= 0.3 is 0 Å². The molecule has 0 fully saturated rings. The van der Waals surface area contributed by atoms with Crippen molar-refractivity contribution in [1.82, 2.24) is 0 Å². The molecule has 15 heavy (non-hydrogen) atoms. The van der Waals surface area contributed by atoms with Crippen LogP contribution in [0.4, 0.5) is 0 Å². The van der Waals surface area contributed by atoms with Gasteiger partial charge in [0.25, 0.3) is 0 Å². The van der Waals surface area contributed by atoms with Crippen molar-refractivity contribution < 1.29 is 4.84 Å². The Hall–Kier alpha value is -1.00. The molecule has 1 aliphatic heterocycles. The maximum Gasteiger partial charge on any atom is 0.144 e. The number of hydrogen-bond donors (Lipinski definition) is 0. The van der Waals surface area contributed by atoms with Crippen LogP contribution in [-0.4, -0.2) is 17.4 Å². The van der Waals surface area contributed by atoms with Crippen LogP contribution in [0.1, 0.15) is 5.56 Å². The lowest BCUT2D eigenvalue weighted by molar-refractivity contribution is 0.160. The summed E-state index contributed by atoms with van der Waals surface area (Å²) in [4.78, 5) is 5.13. The monoisotopic (exact) mass is 235 g/mol. The molecule has 2 nitrogen and oxygen atoms in total. The fourth-order valence-corrected chi connectivity index (χ4v) is 3.38. The van der Waals surface area contributed by atoms with Crippen LogP contribution in [-0.2, 0) is 4.84 Å². The highest BCUT2D eigenvalue weighted by molar-refractivity contribution is 8.14. The summed E-state index contributed by atoms with van der Waals surface area (Å²) in [5, 5.41) is 8.56. The molecule has 0 radical (unpaired) electrons. The van der Waals surface area contributed by atoms with Crippen molar-refractivity contribution in [2.24, 2.45) is 5.16 Å². The quantitative estimate of drug-likeness (QED) is 0.756. The van der Waals surface area contributed by atoms with E-state index in [-0.39, 0.29) is 0 Å². The average Bonchev–Trinajstić information content (AvgIpc) is 2.74. The van der Waals surface area contributed by atoms with Gasteiger partial charge in [0.15, 0.2) is 0 Å². The molecule has 2 heterocycles. The Morgan fingerprint density at radius 3 is 3.07 bits per heavy atom. The van der Waals surface area contributed by atoms with E-state index in [9.17, 15) is 0 Å². The summed E-state index contributed by atoms with van der Waals surface area (Å²) >= 11 is 3.53. The zero-order valence-electron chi connectivity index (χ0n) is 7.97. The van der Waals surface area contributed by atoms with Crippen molar-refractivity contribution in [3.05, 3.63) is 35.2 Å². The number of benzene rings is 1. The smallest absolute Gasteiger partial charge is 0.144 e. The molecular weight excluding hydrogens is 226 g/mol. The molecule has 0 aliphatic carbocycles. The highest BCUT2D eigenvalue weighted by atomic mass is 32.2. The van der Waals surface area contributed by atoms with Crippen LogP contribution in [0.2, 0.25) is 0 Å². The lowest BCUT2D eigenvalue weighted by atomic mass is 10.2. The Balaban J connectivity index is 2.14. The first-order valence-electron chi connectivity index (χ1n) is 4.74. The van der Waals surface area contributed by atoms with E-state index in [1.165, 1.54) is 15.6 Å². The number of thiophene rings is 1. The molecule has 1 aromatic carbocycles. The molecule has 3 rings (SSSR count). The molecule has 0 amide bonds. The Kier molecular flexibility index (Phi) is 2.38. The molecule has 1 aromatic heterocycles. The topological polar surface area (TPSA) is 21.6 Å². The third-order valence-corrected chi connectivity index (χ3v) is 4.17. The van der Waals surface area contributed by atoms with Crippen molar-refractivity contribution in [3.8, 4) is 0 Å². The number of oxime groups is 1. The lowest BCUT2D eigenvalue weighted by Crippen LogP contribution is -2.06. The molecule has 76 valence electrons. The maximum atomic E-state index is 5.13. The first-order valence-corrected chi connectivity index (χ1v) is 6.61. The lowest BCUT2D eigenvalue weighted by Gasteiger charge is -2.10. The van der Waals surface area contributed by atoms with Gasteiger partial charge in [0, 0.05) is 26.8 Å². The van der Waals surface area contributed by atoms with Crippen LogP contribution in [0.5, 0.6) is 0 Å². The summed E-state index contributed by atoms with van der Waals surface area (Å²) in [6.07, 6.45) is 0. The van der Waals surface area contributed by atoms with Crippen LogP contribution < -0.4 is 0 Å². The van der Waals surface area contributed by atoms with Gasteiger partial charge in [0.2, 0.25) is 0 Å². The molecule has 2 aromatic rings. The second-order valence-corrected chi connectivity index (χ2v) is 5.22. The summed E-state index contributed by atoms with van der Waals surface area (Å²) in [6, 6.07) is 8.40. The van der Waals surface area contributed by atoms with Crippen LogP contribution in [0, 0.1) is 0 Å². The highest BCUT2D eigenvalue weighted by Crippen LogP contribution is 2.30. The van der Waals surface area contributed by atoms with E-state index in [1.807, 2.05) is 0 Å². The summed E-state index contributed by atoms with van der Waals surface area (Å²) in [6.45, 7) is 0.718. The van der Waals surface area contributed by atoms with Gasteiger partial charge < -0.3 is 4.84 Å². The van der Waals surface area contributed by atoms with Gasteiger partial charge in [-0.1, -0.05) is 35.1 Å². The van der Waals surface area contributed by atoms with E-state index in [2.05, 4.69) is 34.8 Å². The predicted octanol–water partition coefficient (Wildman–Crippen LogP) is 3.33. The van der Waals surface area contributed by atoms with E-state index in [0.717, 1.165) is 17.4 Å². The fourth-order valence-electron chi connectivity index (χ4n) is 1.58. The second-order valence-electron chi connectivity index (χ2n) is 3.22. The number of nitrogens with zero attached hydrogens (tertiary/aromatic N) is 1. The van der Waals surface area contributed by atoms with Gasteiger partial charge in [0.1, 0.15) is 11.7 Å². The van der Waals surface area contributed by atoms with E-state index in [1.54, 1.807) is 23.1 Å². The minimum absolute atomic E-state index is 0.718. The Bertz CT molecular complexity index is 518. The summed E-state index contributed by atoms with van der Waals surface area (Å²) in [5.41, 5.74) is 1.21. The first-order chi connectivity index (χ1) is 7.45. The molecule has 1 aliphatic rings. The SMILES string of the molecule is c1ccc2c(C3=NOCCS3)csc2c1. The normalized spacial score (nSPS) is 16.1. The molecule has 0 saturated carbocycles. The van der Waals surface area contributed by atoms with Crippen molar-refractivity contribution >= 4 is 38.2 Å². The average molecular weight is 235 g/mol. The third-order valence-electron chi connectivity index (χ3n) is 2.27. The van der Waals surface area contributed by atoms with Gasteiger partial charge in [-0.15, -0.1) is 11.3 Å². The highest BCUT2D eigenvalue weighted by Gasteiger charge is 2.14. The van der Waals surface area contributed by atoms with Crippen molar-refractivity contribution in [2.75, 3.05) is 12.4 Å². The Morgan fingerprint density at radius 1 is 1.27 bits per heavy atom. The third kappa shape index (κ3) is 1.64. The van der Waals surface area contributed by atoms with E-state index < -0.39 is 0 Å². The van der Waals surface area contributed by atoms with Crippen LogP contribution in [0.25, 0.3) is 10.1 Å². The van der Waals surface area contributed by atoms with Gasteiger partial charge in [-0.25, -0.2) is 0 Å². The summed E-state index contributed by atoms with van der Waals surface area (Å²) in [5.74, 6) is 0.989. The van der Waals surface area contributed by atoms with Crippen LogP contribution in [0.3, 0.4) is 0 Å². The Morgan fingerprint density at radius 2 is 2.20 bits per heavy atom. The van der Waals surface area contributed by atoms with Crippen LogP contribution >= 0.6 is 23.1 Å². The minimum Gasteiger partial charge on any atom is -0.394 e. The van der Waals surface area contributed by atoms with Crippen molar-refractivity contribution in [2.45, 2.75) is 0 Å². The van der Waals surface area contributed by atoms with Gasteiger partial charge in [-0.2, -0.15) is 0 Å². The number of thioether (sulfide) groups is 1. The minimum atomic E-state index is 0.718. The number of hydrogen-bond acceptors (Lipinski definition) is 4. The van der Waals surface area contributed by atoms with Crippen LogP contribution in [0.15, 0.2) is 34.8 Å².